The van der Waals surface area contributed by atoms with Crippen molar-refractivity contribution >= 4 is 115 Å². The average molecular weight is 1890 g/mol. The molecule has 4 aromatic heterocycles. The number of aliphatic carboxylic acids is 2. The van der Waals surface area contributed by atoms with E-state index < -0.39 is 107 Å². The van der Waals surface area contributed by atoms with Gasteiger partial charge in [0.1, 0.15) is 18.1 Å². The summed E-state index contributed by atoms with van der Waals surface area (Å²) in [5.74, 6) is -4.11. The SMILES string of the molecule is CC(=O)NC(CCC(=O)NCCCOCCOCCOCCCNS(=O)(=O)c1ccc(-c2ccc(S(=O)(=O)NC(CNC(=O)c3ccc4c(cnn4CCCNc4ncc[nH]4)c3)C(=O)O)cc2)cc1)C(=O)NCCCOCCOCCOCCCNS(=O)(=O)c1ccc(-c2ccc(S(=O)(=O)NC(CNC(=O)c3ccc4c(cnn4CCCNc4ncc[nH]4)c3)C(=O)O)cc2)cc1. The summed E-state index contributed by atoms with van der Waals surface area (Å²) in [4.78, 5) is 102. The van der Waals surface area contributed by atoms with E-state index in [-0.39, 0.29) is 129 Å². The first-order valence-electron chi connectivity index (χ1n) is 42.2. The third-order valence-corrected chi connectivity index (χ3v) is 25.8. The van der Waals surface area contributed by atoms with Gasteiger partial charge in [-0.2, -0.15) is 19.6 Å². The number of rotatable bonds is 63. The van der Waals surface area contributed by atoms with Gasteiger partial charge in [-0.05, 0) is 152 Å². The second kappa shape index (κ2) is 51.5. The molecule has 0 radical (unpaired) electrons. The zero-order valence-electron chi connectivity index (χ0n) is 71.9. The Morgan fingerprint density at radius 2 is 0.756 bits per heavy atom. The molecule has 6 aromatic carbocycles. The van der Waals surface area contributed by atoms with Crippen molar-refractivity contribution in [2.24, 2.45) is 0 Å². The highest BCUT2D eigenvalue weighted by molar-refractivity contribution is 7.90. The van der Waals surface area contributed by atoms with Crippen molar-refractivity contribution in [3.8, 4) is 22.3 Å². The molecule has 4 heterocycles. The van der Waals surface area contributed by atoms with Crippen LogP contribution in [0.2, 0.25) is 0 Å². The smallest absolute Gasteiger partial charge is 0.323 e. The highest BCUT2D eigenvalue weighted by Crippen LogP contribution is 2.27. The Kier molecular flexibility index (Phi) is 39.8. The normalized spacial score (nSPS) is 12.6. The molecular weight excluding hydrogens is 1780 g/mol. The van der Waals surface area contributed by atoms with Crippen LogP contribution >= 0.6 is 0 Å². The number of nitrogens with one attached hydrogen (secondary N) is 13. The maximum absolute atomic E-state index is 13.4. The van der Waals surface area contributed by atoms with E-state index in [1.807, 2.05) is 0 Å². The highest BCUT2D eigenvalue weighted by atomic mass is 32.2. The third-order valence-electron chi connectivity index (χ3n) is 19.8. The van der Waals surface area contributed by atoms with E-state index in [9.17, 15) is 77.4 Å². The first-order valence-corrected chi connectivity index (χ1v) is 48.2. The number of sulfonamides is 4. The Hall–Kier alpha value is -12.0. The summed E-state index contributed by atoms with van der Waals surface area (Å²) in [7, 11) is -16.6. The molecule has 0 aliphatic rings. The van der Waals surface area contributed by atoms with Crippen molar-refractivity contribution < 1.29 is 106 Å². The molecule has 3 unspecified atom stereocenters. The molecule has 10 aromatic rings. The summed E-state index contributed by atoms with van der Waals surface area (Å²) in [5, 5.41) is 49.5. The minimum atomic E-state index is -4.39. The largest absolute Gasteiger partial charge is 0.480 e. The lowest BCUT2D eigenvalue weighted by Crippen LogP contribution is -2.48. The van der Waals surface area contributed by atoms with E-state index in [1.165, 1.54) is 79.7 Å². The summed E-state index contributed by atoms with van der Waals surface area (Å²) < 4.78 is 152. The first kappa shape index (κ1) is 101. The summed E-state index contributed by atoms with van der Waals surface area (Å²) >= 11 is 0. The molecule has 0 spiro atoms. The lowest BCUT2D eigenvalue weighted by atomic mass is 10.1. The van der Waals surface area contributed by atoms with Crippen molar-refractivity contribution in [2.45, 2.75) is 109 Å². The van der Waals surface area contributed by atoms with Crippen LogP contribution in [0.1, 0.15) is 79.0 Å². The Bertz CT molecular complexity index is 5820. The molecule has 131 heavy (non-hydrogen) atoms. The molecule has 0 fully saturated rings. The summed E-state index contributed by atoms with van der Waals surface area (Å²) in [6.07, 6.45) is 13.2. The van der Waals surface area contributed by atoms with Crippen molar-refractivity contribution in [3.63, 3.8) is 0 Å². The van der Waals surface area contributed by atoms with Gasteiger partial charge in [0.05, 0.1) is 95.9 Å². The monoisotopic (exact) mass is 1890 g/mol. The molecule has 42 nitrogen and oxygen atoms in total. The summed E-state index contributed by atoms with van der Waals surface area (Å²) in [5.41, 5.74) is 4.29. The molecule has 0 bridgehead atoms. The van der Waals surface area contributed by atoms with Crippen LogP contribution in [0.5, 0.6) is 0 Å². The highest BCUT2D eigenvalue weighted by Gasteiger charge is 2.30. The molecular formula is C85H109N19O23S4. The quantitative estimate of drug-likeness (QED) is 0.0240. The Balaban J connectivity index is 0.487. The van der Waals surface area contributed by atoms with Gasteiger partial charge >= 0.3 is 11.9 Å². The molecule has 46 heteroatoms. The Labute approximate surface area is 757 Å². The maximum atomic E-state index is 13.4. The number of imidazole rings is 2. The number of aromatic amines is 2. The van der Waals surface area contributed by atoms with Gasteiger partial charge in [0, 0.05) is 152 Å². The van der Waals surface area contributed by atoms with Gasteiger partial charge in [0.2, 0.25) is 57.8 Å². The Morgan fingerprint density at radius 3 is 1.11 bits per heavy atom. The number of hydrogen-bond acceptors (Lipinski definition) is 27. The molecule has 3 atom stereocenters. The molecule has 706 valence electrons. The van der Waals surface area contributed by atoms with E-state index in [1.54, 1.807) is 107 Å². The number of aromatic nitrogens is 8. The van der Waals surface area contributed by atoms with Crippen LogP contribution < -0.4 is 56.1 Å². The van der Waals surface area contributed by atoms with Gasteiger partial charge in [-0.1, -0.05) is 48.5 Å². The van der Waals surface area contributed by atoms with Crippen LogP contribution in [-0.4, -0.2) is 275 Å². The minimum absolute atomic E-state index is 0.000258. The standard InChI is InChI=1S/C85H109N19O23S4/c1-60(105)100-73(81(109)87-33-5-43-123-47-51-127-53-49-125-45-7-35-99-129(116,117)70-20-10-62(11-21-70)64-14-24-72(25-15-64)131(120,121)102-75(83(112)113)59-95-80(108)66-17-28-77-68(55-66)57-97-104(77)41-3-31-89-85-92-38-39-93-85)26-29-78(106)86-32-4-42-122-46-50-126-52-48-124-44-6-34-98-128(114,115)69-18-8-61(9-19-69)63-12-22-71(23-13-63)130(118,119)101-74(82(110)111)58-94-79(107)65-16-27-76-67(54-65)56-96-103(76)40-2-30-88-84-90-36-37-91-84/h8-25,27-28,36-39,54-57,73-75,98-99,101-102H,2-7,26,29-35,40-53,58-59H2,1H3,(H,86,106)(H,87,109)(H,94,107)(H,95,108)(H,100,105)(H,110,111)(H,112,113)(H2,88,90,91)(H2,89,92,93). The number of aryl methyl sites for hydroxylation is 2. The number of ether oxygens (including phenoxy) is 6. The summed E-state index contributed by atoms with van der Waals surface area (Å²) in [6, 6.07) is 28.5. The second-order valence-electron chi connectivity index (χ2n) is 29.6. The number of carbonyl (C=O) groups is 7. The third kappa shape index (κ3) is 33.1. The summed E-state index contributed by atoms with van der Waals surface area (Å²) in [6.45, 7) is 6.72. The van der Waals surface area contributed by atoms with Crippen LogP contribution in [0, 0.1) is 0 Å². The van der Waals surface area contributed by atoms with Crippen LogP contribution in [0.3, 0.4) is 0 Å². The van der Waals surface area contributed by atoms with Crippen molar-refractivity contribution in [1.29, 1.82) is 0 Å². The number of carboxylic acid groups (broad SMARTS) is 2. The van der Waals surface area contributed by atoms with Gasteiger partial charge in [-0.15, -0.1) is 0 Å². The second-order valence-corrected chi connectivity index (χ2v) is 36.5. The number of hydrogen-bond donors (Lipinski definition) is 15. The molecule has 15 N–H and O–H groups in total. The lowest BCUT2D eigenvalue weighted by Gasteiger charge is -2.17. The average Bonchev–Trinajstić information content (AvgIpc) is 1.46. The van der Waals surface area contributed by atoms with Crippen LogP contribution in [0.15, 0.2) is 190 Å². The van der Waals surface area contributed by atoms with Gasteiger partial charge in [0.25, 0.3) is 11.8 Å². The van der Waals surface area contributed by atoms with Gasteiger partial charge < -0.3 is 85.8 Å². The fourth-order valence-electron chi connectivity index (χ4n) is 13.0. The molecule has 0 aliphatic carbocycles. The molecule has 0 saturated carbocycles. The lowest BCUT2D eigenvalue weighted by molar-refractivity contribution is -0.139. The van der Waals surface area contributed by atoms with Crippen LogP contribution in [0.4, 0.5) is 11.9 Å². The molecule has 5 amide bonds. The Morgan fingerprint density at radius 1 is 0.405 bits per heavy atom. The topological polar surface area (TPSA) is 577 Å². The van der Waals surface area contributed by atoms with E-state index in [0.717, 1.165) is 23.9 Å². The van der Waals surface area contributed by atoms with E-state index >= 15 is 0 Å². The number of carbonyl (C=O) groups excluding carboxylic acids is 5. The van der Waals surface area contributed by atoms with E-state index in [4.69, 9.17) is 28.4 Å². The van der Waals surface area contributed by atoms with Crippen molar-refractivity contribution in [1.82, 2.24) is 85.0 Å². The van der Waals surface area contributed by atoms with Gasteiger partial charge in [-0.25, -0.2) is 53.1 Å². The van der Waals surface area contributed by atoms with E-state index in [0.29, 0.717) is 123 Å². The zero-order valence-corrected chi connectivity index (χ0v) is 75.2. The minimum Gasteiger partial charge on any atom is -0.480 e. The van der Waals surface area contributed by atoms with Crippen molar-refractivity contribution in [3.05, 3.63) is 182 Å². The van der Waals surface area contributed by atoms with Crippen LogP contribution in [0.25, 0.3) is 44.1 Å². The number of benzene rings is 6. The fraction of sp³-hybridized carbons (Fsp3) is 0.400. The van der Waals surface area contributed by atoms with Gasteiger partial charge in [-0.3, -0.25) is 42.9 Å². The zero-order chi connectivity index (χ0) is 93.4. The number of nitrogens with zero attached hydrogens (tertiary/aromatic N) is 6. The van der Waals surface area contributed by atoms with Crippen molar-refractivity contribution in [2.75, 3.05) is 142 Å². The molecule has 0 saturated heterocycles. The number of fused-ring (bicyclic) bond motifs is 2. The van der Waals surface area contributed by atoms with E-state index in [2.05, 4.69) is 86.2 Å². The number of amides is 5. The fourth-order valence-corrected chi connectivity index (χ4v) is 17.5. The van der Waals surface area contributed by atoms with Gasteiger partial charge in [0.15, 0.2) is 11.9 Å². The first-order chi connectivity index (χ1) is 63.1. The van der Waals surface area contributed by atoms with Crippen LogP contribution in [-0.2, 0) is 106 Å². The predicted molar refractivity (Wildman–Crippen MR) is 481 cm³/mol. The number of carboxylic acids is 2. The maximum Gasteiger partial charge on any atom is 0.323 e. The number of H-pyrrole nitrogens is 2. The predicted octanol–water partition coefficient (Wildman–Crippen LogP) is 3.93. The number of anilines is 2. The molecule has 0 aliphatic heterocycles. The molecule has 10 rings (SSSR count).